The van der Waals surface area contributed by atoms with Crippen LogP contribution < -0.4 is 5.73 Å². The van der Waals surface area contributed by atoms with E-state index in [1.165, 1.54) is 81.8 Å². The molecule has 9 aromatic rings. The van der Waals surface area contributed by atoms with E-state index in [0.717, 1.165) is 12.1 Å². The summed E-state index contributed by atoms with van der Waals surface area (Å²) < 4.78 is 2.52. The van der Waals surface area contributed by atoms with Crippen LogP contribution in [-0.4, -0.2) is 4.57 Å². The van der Waals surface area contributed by atoms with Crippen LogP contribution in [0.1, 0.15) is 33.4 Å². The molecule has 0 fully saturated rings. The van der Waals surface area contributed by atoms with Crippen molar-refractivity contribution in [2.24, 2.45) is 0 Å². The van der Waals surface area contributed by atoms with Gasteiger partial charge >= 0.3 is 0 Å². The summed E-state index contributed by atoms with van der Waals surface area (Å²) >= 11 is 1.91. The van der Waals surface area contributed by atoms with Gasteiger partial charge in [0.2, 0.25) is 0 Å². The number of nitrogens with zero attached hydrogens (tertiary/aromatic N) is 1. The van der Waals surface area contributed by atoms with Crippen LogP contribution in [0.25, 0.3) is 38.6 Å². The van der Waals surface area contributed by atoms with Crippen LogP contribution in [-0.2, 0) is 11.8 Å². The van der Waals surface area contributed by atoms with Crippen molar-refractivity contribution in [2.45, 2.75) is 21.6 Å². The van der Waals surface area contributed by atoms with Gasteiger partial charge in [0.15, 0.2) is 0 Å². The van der Waals surface area contributed by atoms with Gasteiger partial charge in [-0.3, -0.25) is 0 Å². The Labute approximate surface area is 314 Å². The Balaban J connectivity index is 0.000000451. The van der Waals surface area contributed by atoms with Crippen molar-refractivity contribution in [3.8, 4) is 16.8 Å². The molecule has 2 aliphatic rings. The van der Waals surface area contributed by atoms with Gasteiger partial charge in [0, 0.05) is 26.3 Å². The first-order chi connectivity index (χ1) is 26.2. The molecule has 252 valence electrons. The summed E-state index contributed by atoms with van der Waals surface area (Å²) in [5, 5.41) is 2.62. The number of aromatic nitrogens is 1. The highest BCUT2D eigenvalue weighted by Gasteiger charge is 2.49. The molecule has 1 aromatic heterocycles. The normalized spacial score (nSPS) is 14.9. The van der Waals surface area contributed by atoms with Gasteiger partial charge in [-0.2, -0.15) is 0 Å². The van der Waals surface area contributed by atoms with Gasteiger partial charge in [0.1, 0.15) is 0 Å². The van der Waals surface area contributed by atoms with Crippen molar-refractivity contribution < 1.29 is 0 Å². The van der Waals surface area contributed by atoms with E-state index >= 15 is 0 Å². The molecule has 0 bridgehead atoms. The van der Waals surface area contributed by atoms with E-state index in [4.69, 9.17) is 5.73 Å². The molecule has 2 aliphatic heterocycles. The van der Waals surface area contributed by atoms with Crippen molar-refractivity contribution in [3.63, 3.8) is 0 Å². The number of nitrogens with two attached hydrogens (primary N) is 1. The lowest BCUT2D eigenvalue weighted by atomic mass is 9.62. The monoisotopic (exact) mass is 696 g/mol. The van der Waals surface area contributed by atoms with E-state index in [-0.39, 0.29) is 0 Å². The number of anilines is 1. The topological polar surface area (TPSA) is 30.9 Å². The maximum absolute atomic E-state index is 5.36. The van der Waals surface area contributed by atoms with Crippen LogP contribution in [0.15, 0.2) is 204 Å². The number of rotatable bonds is 3. The molecule has 1 unspecified atom stereocenters. The maximum atomic E-state index is 5.36. The van der Waals surface area contributed by atoms with Gasteiger partial charge in [-0.25, -0.2) is 0 Å². The minimum absolute atomic E-state index is 0.440. The largest absolute Gasteiger partial charge is 0.399 e. The molecule has 0 saturated heterocycles. The average molecular weight is 697 g/mol. The van der Waals surface area contributed by atoms with Crippen molar-refractivity contribution >= 4 is 39.3 Å². The molecule has 2 N–H and O–H groups in total. The summed E-state index contributed by atoms with van der Waals surface area (Å²) in [6.45, 7) is 0. The van der Waals surface area contributed by atoms with Gasteiger partial charge in [-0.05, 0) is 87.3 Å². The standard InChI is InChI=1S/C44H29NS.C6H7N/c1-2-11-31(12-3-1)32-24-21-29(22-25-32)27-30-23-26-42-38(28-30)44(36-16-6-9-20-41(36)46-42)35-15-5-8-19-40(35)45-39-18-7-4-13-33(39)34-14-10-17-37(44)43(34)45;7-6-4-2-1-3-5-6/h1-26,28H,27H2;1-5H,7H2. The fourth-order valence-corrected chi connectivity index (χ4v) is 9.79. The van der Waals surface area contributed by atoms with Crippen molar-refractivity contribution in [1.29, 1.82) is 0 Å². The van der Waals surface area contributed by atoms with Crippen LogP contribution in [0, 0.1) is 0 Å². The second kappa shape index (κ2) is 12.7. The number of benzene rings is 8. The number of nitrogen functional groups attached to an aromatic ring is 1. The molecular weight excluding hydrogens is 661 g/mol. The SMILES string of the molecule is Nc1ccccc1.c1ccc(-c2ccc(Cc3ccc4c(c3)C3(c5ccccc5S4)c4ccccc4-n4c5ccccc5c5cccc3c54)cc2)cc1. The van der Waals surface area contributed by atoms with Gasteiger partial charge in [0.05, 0.1) is 22.1 Å². The Morgan fingerprint density at radius 1 is 0.453 bits per heavy atom. The molecule has 0 saturated carbocycles. The molecular formula is C50H36N2S. The highest BCUT2D eigenvalue weighted by molar-refractivity contribution is 7.99. The summed E-state index contributed by atoms with van der Waals surface area (Å²) in [6.07, 6.45) is 0.886. The number of para-hydroxylation sites is 4. The van der Waals surface area contributed by atoms with E-state index in [1.807, 2.05) is 42.1 Å². The zero-order valence-corrected chi connectivity index (χ0v) is 29.9. The molecule has 1 atom stereocenters. The highest BCUT2D eigenvalue weighted by atomic mass is 32.2. The smallest absolute Gasteiger partial charge is 0.0764 e. The Morgan fingerprint density at radius 2 is 1.06 bits per heavy atom. The van der Waals surface area contributed by atoms with E-state index < -0.39 is 5.41 Å². The number of hydrogen-bond donors (Lipinski definition) is 1. The lowest BCUT2D eigenvalue weighted by Gasteiger charge is -2.45. The molecule has 0 radical (unpaired) electrons. The summed E-state index contributed by atoms with van der Waals surface area (Å²) in [6, 6.07) is 70.5. The summed E-state index contributed by atoms with van der Waals surface area (Å²) in [5.41, 5.74) is 20.2. The highest BCUT2D eigenvalue weighted by Crippen LogP contribution is 2.60. The summed E-state index contributed by atoms with van der Waals surface area (Å²) in [7, 11) is 0. The first-order valence-electron chi connectivity index (χ1n) is 18.2. The molecule has 0 aliphatic carbocycles. The molecule has 11 rings (SSSR count). The third-order valence-electron chi connectivity index (χ3n) is 10.9. The fraction of sp³-hybridized carbons (Fsp3) is 0.0400. The van der Waals surface area contributed by atoms with Crippen LogP contribution in [0.4, 0.5) is 5.69 Å². The quantitative estimate of drug-likeness (QED) is 0.186. The van der Waals surface area contributed by atoms with Crippen LogP contribution >= 0.6 is 11.8 Å². The van der Waals surface area contributed by atoms with Gasteiger partial charge in [-0.1, -0.05) is 169 Å². The Morgan fingerprint density at radius 3 is 1.85 bits per heavy atom. The Bertz CT molecular complexity index is 2780. The lowest BCUT2D eigenvalue weighted by molar-refractivity contribution is 0.688. The average Bonchev–Trinajstić information content (AvgIpc) is 3.56. The van der Waals surface area contributed by atoms with Gasteiger partial charge in [0.25, 0.3) is 0 Å². The van der Waals surface area contributed by atoms with E-state index in [0.29, 0.717) is 0 Å². The van der Waals surface area contributed by atoms with E-state index in [9.17, 15) is 0 Å². The molecule has 8 aromatic carbocycles. The van der Waals surface area contributed by atoms with Crippen LogP contribution in [0.5, 0.6) is 0 Å². The van der Waals surface area contributed by atoms with Gasteiger partial charge < -0.3 is 10.3 Å². The summed E-state index contributed by atoms with van der Waals surface area (Å²) in [5.74, 6) is 0. The fourth-order valence-electron chi connectivity index (χ4n) is 8.62. The third-order valence-corrected chi connectivity index (χ3v) is 12.0. The number of fused-ring (bicyclic) bond motifs is 11. The second-order valence-corrected chi connectivity index (χ2v) is 15.0. The Kier molecular flexibility index (Phi) is 7.56. The van der Waals surface area contributed by atoms with Crippen molar-refractivity contribution in [3.05, 3.63) is 228 Å². The second-order valence-electron chi connectivity index (χ2n) is 13.9. The Hall–Kier alpha value is -6.29. The van der Waals surface area contributed by atoms with Crippen LogP contribution in [0.2, 0.25) is 0 Å². The predicted molar refractivity (Wildman–Crippen MR) is 222 cm³/mol. The molecule has 3 heteroatoms. The first kappa shape index (κ1) is 31.4. The maximum Gasteiger partial charge on any atom is 0.0764 e. The zero-order valence-electron chi connectivity index (χ0n) is 29.1. The zero-order chi connectivity index (χ0) is 35.4. The summed E-state index contributed by atoms with van der Waals surface area (Å²) in [4.78, 5) is 2.66. The number of hydrogen-bond acceptors (Lipinski definition) is 2. The molecule has 53 heavy (non-hydrogen) atoms. The molecule has 1 spiro atoms. The molecule has 2 nitrogen and oxygen atoms in total. The minimum Gasteiger partial charge on any atom is -0.399 e. The van der Waals surface area contributed by atoms with Crippen molar-refractivity contribution in [1.82, 2.24) is 4.57 Å². The molecule has 3 heterocycles. The van der Waals surface area contributed by atoms with Crippen molar-refractivity contribution in [2.75, 3.05) is 5.73 Å². The van der Waals surface area contributed by atoms with E-state index in [1.54, 1.807) is 0 Å². The third kappa shape index (κ3) is 5.03. The first-order valence-corrected chi connectivity index (χ1v) is 19.0. The van der Waals surface area contributed by atoms with Crippen LogP contribution in [0.3, 0.4) is 0 Å². The van der Waals surface area contributed by atoms with E-state index in [2.05, 4.69) is 168 Å². The minimum atomic E-state index is -0.440. The molecule has 0 amide bonds. The predicted octanol–water partition coefficient (Wildman–Crippen LogP) is 12.5. The lowest BCUT2D eigenvalue weighted by Crippen LogP contribution is -2.37. The van der Waals surface area contributed by atoms with Gasteiger partial charge in [-0.15, -0.1) is 0 Å².